The van der Waals surface area contributed by atoms with Gasteiger partial charge in [0.2, 0.25) is 0 Å². The van der Waals surface area contributed by atoms with Crippen molar-refractivity contribution in [1.82, 2.24) is 4.90 Å². The van der Waals surface area contributed by atoms with E-state index in [1.54, 1.807) is 0 Å². The van der Waals surface area contributed by atoms with E-state index in [0.29, 0.717) is 23.9 Å². The van der Waals surface area contributed by atoms with Gasteiger partial charge in [-0.1, -0.05) is 37.8 Å². The van der Waals surface area contributed by atoms with E-state index in [0.717, 1.165) is 18.3 Å². The van der Waals surface area contributed by atoms with Gasteiger partial charge in [0.25, 0.3) is 0 Å². The van der Waals surface area contributed by atoms with Gasteiger partial charge in [-0.2, -0.15) is 0 Å². The molecule has 2 aliphatic heterocycles. The number of likely N-dealkylation sites (N-methyl/N-ethyl adjacent to an activating group) is 1. The molecule has 25 heavy (non-hydrogen) atoms. The number of piperidine rings is 1. The molecule has 8 atom stereocenters. The number of cyclic esters (lactones) is 1. The number of nitrogens with zero attached hydrogens (tertiary/aromatic N) is 1. The van der Waals surface area contributed by atoms with Crippen molar-refractivity contribution in [3.63, 3.8) is 0 Å². The molecule has 4 fully saturated rings. The first-order chi connectivity index (χ1) is 12.1. The van der Waals surface area contributed by atoms with E-state index < -0.39 is 0 Å². The number of hydrogen-bond donors (Lipinski definition) is 0. The molecule has 4 aliphatic rings. The lowest BCUT2D eigenvalue weighted by atomic mass is 9.57. The van der Waals surface area contributed by atoms with Crippen molar-refractivity contribution in [2.45, 2.75) is 83.4 Å². The number of likely N-dealkylation sites (tertiary alicyclic amines) is 1. The first kappa shape index (κ1) is 17.6. The molecule has 2 saturated carbocycles. The number of ether oxygens (including phenoxy) is 1. The Kier molecular flexibility index (Phi) is 4.96. The fourth-order valence-electron chi connectivity index (χ4n) is 6.43. The Labute approximate surface area is 153 Å². The largest absolute Gasteiger partial charge is 0.462 e. The molecule has 0 aromatic heterocycles. The van der Waals surface area contributed by atoms with Crippen molar-refractivity contribution >= 4 is 5.97 Å². The van der Waals surface area contributed by atoms with Crippen molar-refractivity contribution < 1.29 is 9.53 Å². The average molecular weight is 346 g/mol. The highest BCUT2D eigenvalue weighted by molar-refractivity contribution is 5.75. The van der Waals surface area contributed by atoms with Gasteiger partial charge in [-0.15, -0.1) is 0 Å². The number of rotatable bonds is 2. The Balaban J connectivity index is 1.57. The molecule has 0 aromatic rings. The van der Waals surface area contributed by atoms with Gasteiger partial charge in [0.1, 0.15) is 6.10 Å². The molecule has 1 unspecified atom stereocenters. The minimum atomic E-state index is 0.0864. The van der Waals surface area contributed by atoms with Crippen LogP contribution in [0.2, 0.25) is 0 Å². The maximum absolute atomic E-state index is 12.4. The molecule has 3 heteroatoms. The molecule has 0 bridgehead atoms. The Bertz CT molecular complexity index is 530. The van der Waals surface area contributed by atoms with Gasteiger partial charge in [-0.05, 0) is 64.3 Å². The first-order valence-electron chi connectivity index (χ1n) is 10.7. The molecule has 2 saturated heterocycles. The summed E-state index contributed by atoms with van der Waals surface area (Å²) in [6.45, 7) is 4.47. The summed E-state index contributed by atoms with van der Waals surface area (Å²) in [5.41, 5.74) is 0. The minimum Gasteiger partial charge on any atom is -0.462 e. The number of esters is 1. The molecule has 0 amide bonds. The summed E-state index contributed by atoms with van der Waals surface area (Å²) >= 11 is 0. The maximum Gasteiger partial charge on any atom is 0.309 e. The molecule has 0 spiro atoms. The third-order valence-corrected chi connectivity index (χ3v) is 7.97. The highest BCUT2D eigenvalue weighted by atomic mass is 16.6. The molecular weight excluding hydrogens is 310 g/mol. The fraction of sp³-hybridized carbons (Fsp3) is 0.864. The summed E-state index contributed by atoms with van der Waals surface area (Å²) < 4.78 is 5.69. The van der Waals surface area contributed by atoms with Crippen LogP contribution >= 0.6 is 0 Å². The predicted molar refractivity (Wildman–Crippen MR) is 100 cm³/mol. The van der Waals surface area contributed by atoms with Gasteiger partial charge in [0.15, 0.2) is 0 Å². The lowest BCUT2D eigenvalue weighted by molar-refractivity contribution is -0.144. The van der Waals surface area contributed by atoms with Gasteiger partial charge in [-0.25, -0.2) is 0 Å². The zero-order valence-corrected chi connectivity index (χ0v) is 16.2. The van der Waals surface area contributed by atoms with Gasteiger partial charge in [0, 0.05) is 18.0 Å². The maximum atomic E-state index is 12.4. The standard InChI is InChI=1S/C22H35NO2/c1-14-7-6-9-17(23(14)3)11-12-19-18-10-5-4-8-16(18)13-20-21(19)15(2)25-22(20)24/h11-12,14-21H,4-10,13H2,1-3H3/b12-11+/t14-,15+,16-,17+,18?,19-,20+,21-/m1/s1. The van der Waals surface area contributed by atoms with E-state index in [1.807, 2.05) is 0 Å². The number of fused-ring (bicyclic) bond motifs is 2. The van der Waals surface area contributed by atoms with Crippen LogP contribution in [0, 0.1) is 29.6 Å². The molecule has 140 valence electrons. The molecule has 4 rings (SSSR count). The molecule has 2 aliphatic carbocycles. The first-order valence-corrected chi connectivity index (χ1v) is 10.7. The quantitative estimate of drug-likeness (QED) is 0.548. The zero-order valence-electron chi connectivity index (χ0n) is 16.2. The van der Waals surface area contributed by atoms with Crippen LogP contribution in [-0.4, -0.2) is 36.1 Å². The Morgan fingerprint density at radius 2 is 1.84 bits per heavy atom. The number of carbonyl (C=O) groups is 1. The average Bonchev–Trinajstić information content (AvgIpc) is 2.89. The van der Waals surface area contributed by atoms with E-state index in [9.17, 15) is 4.79 Å². The number of allylic oxidation sites excluding steroid dienone is 1. The molecular formula is C22H35NO2. The lowest BCUT2D eigenvalue weighted by Crippen LogP contribution is -2.44. The molecule has 2 heterocycles. The topological polar surface area (TPSA) is 29.5 Å². The monoisotopic (exact) mass is 345 g/mol. The predicted octanol–water partition coefficient (Wildman–Crippen LogP) is 4.42. The second-order valence-corrected chi connectivity index (χ2v) is 9.24. The van der Waals surface area contributed by atoms with Crippen LogP contribution in [0.15, 0.2) is 12.2 Å². The summed E-state index contributed by atoms with van der Waals surface area (Å²) in [6.07, 6.45) is 15.5. The van der Waals surface area contributed by atoms with Crippen molar-refractivity contribution in [2.75, 3.05) is 7.05 Å². The number of hydrogen-bond acceptors (Lipinski definition) is 3. The van der Waals surface area contributed by atoms with Crippen LogP contribution < -0.4 is 0 Å². The van der Waals surface area contributed by atoms with E-state index in [-0.39, 0.29) is 18.0 Å². The Hall–Kier alpha value is -0.830. The van der Waals surface area contributed by atoms with Crippen molar-refractivity contribution in [1.29, 1.82) is 0 Å². The summed E-state index contributed by atoms with van der Waals surface area (Å²) in [7, 11) is 2.27. The summed E-state index contributed by atoms with van der Waals surface area (Å²) in [5, 5.41) is 0. The van der Waals surface area contributed by atoms with Crippen LogP contribution in [0.1, 0.15) is 65.2 Å². The van der Waals surface area contributed by atoms with Crippen LogP contribution in [0.25, 0.3) is 0 Å². The van der Waals surface area contributed by atoms with Crippen molar-refractivity contribution in [3.8, 4) is 0 Å². The van der Waals surface area contributed by atoms with Crippen molar-refractivity contribution in [2.24, 2.45) is 29.6 Å². The lowest BCUT2D eigenvalue weighted by Gasteiger charge is -2.46. The van der Waals surface area contributed by atoms with Gasteiger partial charge in [0.05, 0.1) is 5.92 Å². The highest BCUT2D eigenvalue weighted by Gasteiger charge is 2.53. The van der Waals surface area contributed by atoms with E-state index in [4.69, 9.17) is 4.74 Å². The SMILES string of the molecule is C[C@@H]1OC(=O)[C@H]2C[C@H]3CCCCC3[C@@H](/C=C/[C@@H]3CCC[C@@H](C)N3C)[C@@H]12. The summed E-state index contributed by atoms with van der Waals surface area (Å²) in [5.74, 6) is 2.71. The summed E-state index contributed by atoms with van der Waals surface area (Å²) in [6, 6.07) is 1.25. The normalized spacial score (nSPS) is 48.2. The van der Waals surface area contributed by atoms with Gasteiger partial charge in [-0.3, -0.25) is 9.69 Å². The van der Waals surface area contributed by atoms with Crippen molar-refractivity contribution in [3.05, 3.63) is 12.2 Å². The van der Waals surface area contributed by atoms with Crippen LogP contribution in [0.5, 0.6) is 0 Å². The van der Waals surface area contributed by atoms with E-state index >= 15 is 0 Å². The minimum absolute atomic E-state index is 0.0864. The molecule has 0 radical (unpaired) electrons. The Morgan fingerprint density at radius 1 is 1.04 bits per heavy atom. The van der Waals surface area contributed by atoms with Gasteiger partial charge >= 0.3 is 5.97 Å². The van der Waals surface area contributed by atoms with E-state index in [2.05, 4.69) is 37.9 Å². The third-order valence-electron chi connectivity index (χ3n) is 7.97. The van der Waals surface area contributed by atoms with Crippen LogP contribution in [-0.2, 0) is 9.53 Å². The Morgan fingerprint density at radius 3 is 2.68 bits per heavy atom. The van der Waals surface area contributed by atoms with Crippen LogP contribution in [0.4, 0.5) is 0 Å². The summed E-state index contributed by atoms with van der Waals surface area (Å²) in [4.78, 5) is 14.9. The molecule has 3 nitrogen and oxygen atoms in total. The highest BCUT2D eigenvalue weighted by Crippen LogP contribution is 2.53. The smallest absolute Gasteiger partial charge is 0.309 e. The second-order valence-electron chi connectivity index (χ2n) is 9.24. The fourth-order valence-corrected chi connectivity index (χ4v) is 6.43. The molecule has 0 aromatic carbocycles. The number of carbonyl (C=O) groups excluding carboxylic acids is 1. The third kappa shape index (κ3) is 3.18. The van der Waals surface area contributed by atoms with Crippen LogP contribution in [0.3, 0.4) is 0 Å². The van der Waals surface area contributed by atoms with Gasteiger partial charge < -0.3 is 4.74 Å². The zero-order chi connectivity index (χ0) is 17.6. The second kappa shape index (κ2) is 7.06. The van der Waals surface area contributed by atoms with E-state index in [1.165, 1.54) is 44.9 Å². The molecule has 0 N–H and O–H groups in total.